The molecule has 185 valence electrons. The summed E-state index contributed by atoms with van der Waals surface area (Å²) < 4.78 is 93.5. The fourth-order valence-corrected chi connectivity index (χ4v) is 3.52. The Kier molecular flexibility index (Phi) is 13.2. The second-order valence-corrected chi connectivity index (χ2v) is 10.9. The molecule has 0 saturated heterocycles. The van der Waals surface area contributed by atoms with Gasteiger partial charge < -0.3 is 13.7 Å². The first-order chi connectivity index (χ1) is 15.0. The average Bonchev–Trinajstić information content (AvgIpc) is 2.68. The summed E-state index contributed by atoms with van der Waals surface area (Å²) in [5.41, 5.74) is 2.78. The summed E-state index contributed by atoms with van der Waals surface area (Å²) in [6, 6.07) is 17.3. The molecule has 0 amide bonds. The minimum Gasteiger partial charge on any atom is -0.744 e. The van der Waals surface area contributed by atoms with E-state index in [4.69, 9.17) is 0 Å². The van der Waals surface area contributed by atoms with Gasteiger partial charge in [-0.1, -0.05) is 53.1 Å². The van der Waals surface area contributed by atoms with E-state index in [2.05, 4.69) is 0 Å². The van der Waals surface area contributed by atoms with Crippen LogP contribution < -0.4 is 0 Å². The van der Waals surface area contributed by atoms with Gasteiger partial charge in [-0.3, -0.25) is 0 Å². The molecule has 9 nitrogen and oxygen atoms in total. The smallest absolute Gasteiger partial charge is 0.744 e. The second-order valence-electron chi connectivity index (χ2n) is 6.80. The summed E-state index contributed by atoms with van der Waals surface area (Å²) in [7, 11) is -12.8. The van der Waals surface area contributed by atoms with Crippen molar-refractivity contribution < 1.29 is 78.9 Å². The molecule has 0 aliphatic carbocycles. The average molecular weight is 671 g/mol. The number of hydrogen-bond acceptors (Lipinski definition) is 9. The number of aryl methyl sites for hydroxylation is 3. The van der Waals surface area contributed by atoms with Crippen LogP contribution in [0.25, 0.3) is 0 Å². The molecule has 0 unspecified atom stereocenters. The maximum atomic E-state index is 10.4. The van der Waals surface area contributed by atoms with E-state index in [0.717, 1.165) is 16.7 Å². The Morgan fingerprint density at radius 1 is 0.412 bits per heavy atom. The van der Waals surface area contributed by atoms with Crippen molar-refractivity contribution in [2.75, 3.05) is 0 Å². The van der Waals surface area contributed by atoms with Gasteiger partial charge in [0, 0.05) is 0 Å². The first kappa shape index (κ1) is 32.7. The Balaban J connectivity index is 0.000000473. The molecule has 1 radical (unpaired) electrons. The molecule has 0 spiro atoms. The molecule has 0 saturated carbocycles. The third kappa shape index (κ3) is 12.4. The predicted octanol–water partition coefficient (Wildman–Crippen LogP) is 2.70. The van der Waals surface area contributed by atoms with Gasteiger partial charge in [0.1, 0.15) is 30.4 Å². The molecule has 0 N–H and O–H groups in total. The SMILES string of the molecule is Cc1ccc(S(=O)(=O)[O-])cc1.Cc1ccc(S(=O)(=O)[O-])cc1.Cc1ccc(S(=O)(=O)[O-])cc1.[Gd+3]. The van der Waals surface area contributed by atoms with E-state index in [-0.39, 0.29) is 54.6 Å². The van der Waals surface area contributed by atoms with Crippen molar-refractivity contribution in [3.63, 3.8) is 0 Å². The van der Waals surface area contributed by atoms with Crippen molar-refractivity contribution in [2.24, 2.45) is 0 Å². The third-order valence-corrected chi connectivity index (χ3v) is 6.48. The molecule has 0 aliphatic heterocycles. The van der Waals surface area contributed by atoms with Gasteiger partial charge in [-0.15, -0.1) is 0 Å². The van der Waals surface area contributed by atoms with Crippen LogP contribution in [0, 0.1) is 60.7 Å². The zero-order chi connectivity index (χ0) is 25.4. The molecule has 3 aromatic carbocycles. The van der Waals surface area contributed by atoms with Crippen molar-refractivity contribution in [1.29, 1.82) is 0 Å². The Morgan fingerprint density at radius 2 is 0.559 bits per heavy atom. The largest absolute Gasteiger partial charge is 3.00 e. The minimum absolute atomic E-state index is 0. The monoisotopic (exact) mass is 671 g/mol. The van der Waals surface area contributed by atoms with E-state index in [9.17, 15) is 38.9 Å². The predicted molar refractivity (Wildman–Crippen MR) is 117 cm³/mol. The van der Waals surface area contributed by atoms with Gasteiger partial charge in [-0.2, -0.15) is 0 Å². The van der Waals surface area contributed by atoms with Crippen molar-refractivity contribution >= 4 is 30.4 Å². The quantitative estimate of drug-likeness (QED) is 0.380. The Bertz CT molecular complexity index is 1190. The maximum absolute atomic E-state index is 10.4. The van der Waals surface area contributed by atoms with E-state index in [0.29, 0.717) is 0 Å². The van der Waals surface area contributed by atoms with Crippen LogP contribution in [0.15, 0.2) is 87.5 Å². The summed E-state index contributed by atoms with van der Waals surface area (Å²) in [5, 5.41) is 0. The summed E-state index contributed by atoms with van der Waals surface area (Å²) in [4.78, 5) is -0.533. The number of hydrogen-bond donors (Lipinski definition) is 0. The molecule has 0 aromatic heterocycles. The summed E-state index contributed by atoms with van der Waals surface area (Å²) in [6.07, 6.45) is 0. The standard InChI is InChI=1S/3C7H8O3S.Gd/c3*1-6-2-4-7(5-3-6)11(8,9)10;/h3*2-5H,1H3,(H,8,9,10);/q;;;+3/p-3. The van der Waals surface area contributed by atoms with Gasteiger partial charge in [0.05, 0.1) is 14.7 Å². The van der Waals surface area contributed by atoms with E-state index >= 15 is 0 Å². The van der Waals surface area contributed by atoms with Gasteiger partial charge in [0.25, 0.3) is 0 Å². The van der Waals surface area contributed by atoms with Gasteiger partial charge >= 0.3 is 39.9 Å². The fraction of sp³-hybridized carbons (Fsp3) is 0.143. The first-order valence-corrected chi connectivity index (χ1v) is 13.3. The van der Waals surface area contributed by atoms with E-state index < -0.39 is 30.4 Å². The Hall–Kier alpha value is -1.29. The van der Waals surface area contributed by atoms with Gasteiger partial charge in [0.2, 0.25) is 0 Å². The normalized spacial score (nSPS) is 11.1. The van der Waals surface area contributed by atoms with Crippen LogP contribution in [0.5, 0.6) is 0 Å². The molecule has 3 rings (SSSR count). The molecule has 0 atom stereocenters. The summed E-state index contributed by atoms with van der Waals surface area (Å²) in [5.74, 6) is 0. The second kappa shape index (κ2) is 13.7. The Morgan fingerprint density at radius 3 is 0.676 bits per heavy atom. The van der Waals surface area contributed by atoms with Crippen LogP contribution in [-0.2, 0) is 30.4 Å². The molecule has 0 bridgehead atoms. The molecule has 0 heterocycles. The fourth-order valence-electron chi connectivity index (χ4n) is 2.11. The summed E-state index contributed by atoms with van der Waals surface area (Å²) in [6.45, 7) is 5.46. The van der Waals surface area contributed by atoms with Crippen LogP contribution in [0.1, 0.15) is 16.7 Å². The zero-order valence-electron chi connectivity index (χ0n) is 18.2. The van der Waals surface area contributed by atoms with Crippen molar-refractivity contribution in [3.8, 4) is 0 Å². The minimum atomic E-state index is -4.27. The van der Waals surface area contributed by atoms with Crippen LogP contribution in [0.2, 0.25) is 0 Å². The van der Waals surface area contributed by atoms with Gasteiger partial charge in [-0.25, -0.2) is 25.3 Å². The molecule has 0 aliphatic rings. The van der Waals surface area contributed by atoms with E-state index in [1.807, 2.05) is 20.8 Å². The molecule has 0 fully saturated rings. The van der Waals surface area contributed by atoms with Crippen LogP contribution in [-0.4, -0.2) is 38.9 Å². The van der Waals surface area contributed by atoms with Crippen LogP contribution >= 0.6 is 0 Å². The van der Waals surface area contributed by atoms with Crippen molar-refractivity contribution in [2.45, 2.75) is 35.5 Å². The van der Waals surface area contributed by atoms with Gasteiger partial charge in [-0.05, 0) is 57.2 Å². The zero-order valence-corrected chi connectivity index (χ0v) is 22.9. The van der Waals surface area contributed by atoms with Crippen LogP contribution in [0.4, 0.5) is 0 Å². The Labute approximate surface area is 232 Å². The molecular weight excluding hydrogens is 650 g/mol. The molecular formula is C21H21GdO9S3. The summed E-state index contributed by atoms with van der Waals surface area (Å²) >= 11 is 0. The van der Waals surface area contributed by atoms with Crippen LogP contribution in [0.3, 0.4) is 0 Å². The molecule has 34 heavy (non-hydrogen) atoms. The van der Waals surface area contributed by atoms with E-state index in [1.54, 1.807) is 36.4 Å². The first-order valence-electron chi connectivity index (χ1n) is 9.08. The van der Waals surface area contributed by atoms with Crippen molar-refractivity contribution in [3.05, 3.63) is 89.5 Å². The topological polar surface area (TPSA) is 172 Å². The van der Waals surface area contributed by atoms with Gasteiger partial charge in [0.15, 0.2) is 0 Å². The molecule has 3 aromatic rings. The number of benzene rings is 3. The maximum Gasteiger partial charge on any atom is 3.00 e. The third-order valence-electron chi connectivity index (χ3n) is 3.93. The number of rotatable bonds is 3. The molecule has 13 heteroatoms. The van der Waals surface area contributed by atoms with E-state index in [1.165, 1.54) is 36.4 Å². The van der Waals surface area contributed by atoms with Crippen molar-refractivity contribution in [1.82, 2.24) is 0 Å².